The van der Waals surface area contributed by atoms with Gasteiger partial charge in [0.15, 0.2) is 0 Å². The number of halogens is 1. The number of allylic oxidation sites excluding steroid dienone is 2. The fourth-order valence-electron chi connectivity index (χ4n) is 6.62. The van der Waals surface area contributed by atoms with Crippen molar-refractivity contribution in [2.45, 2.75) is 85.5 Å². The number of aliphatic carboxylic acids is 1. The van der Waals surface area contributed by atoms with Gasteiger partial charge in [-0.15, -0.1) is 0 Å². The van der Waals surface area contributed by atoms with E-state index in [-0.39, 0.29) is 17.7 Å². The zero-order valence-electron chi connectivity index (χ0n) is 21.4. The SMILES string of the molecule is CC.CC.CC12CC[C@@H]3c4ccc(CCC(=O)O)cc4CCC3C1CC=C2c1cncc(F)c1. The van der Waals surface area contributed by atoms with Gasteiger partial charge in [0.1, 0.15) is 5.82 Å². The molecule has 4 atom stereocenters. The third kappa shape index (κ3) is 4.96. The molecule has 0 spiro atoms. The monoisotopic (exact) mass is 465 g/mol. The molecule has 1 N–H and O–H groups in total. The van der Waals surface area contributed by atoms with Crippen LogP contribution in [-0.4, -0.2) is 16.1 Å². The van der Waals surface area contributed by atoms with Crippen LogP contribution in [0.4, 0.5) is 4.39 Å². The third-order valence-electron chi connectivity index (χ3n) is 8.02. The molecule has 0 amide bonds. The number of rotatable bonds is 4. The molecule has 1 heterocycles. The van der Waals surface area contributed by atoms with Crippen LogP contribution < -0.4 is 0 Å². The summed E-state index contributed by atoms with van der Waals surface area (Å²) in [5.41, 5.74) is 6.36. The molecule has 1 saturated carbocycles. The second kappa shape index (κ2) is 11.3. The summed E-state index contributed by atoms with van der Waals surface area (Å²) in [5, 5.41) is 8.97. The third-order valence-corrected chi connectivity index (χ3v) is 8.02. The summed E-state index contributed by atoms with van der Waals surface area (Å²) in [6.07, 6.45) is 11.8. The Kier molecular flexibility index (Phi) is 8.67. The number of carboxylic acids is 1. The highest BCUT2D eigenvalue weighted by molar-refractivity contribution is 5.72. The van der Waals surface area contributed by atoms with Crippen molar-refractivity contribution in [3.05, 3.63) is 70.8 Å². The number of hydrogen-bond donors (Lipinski definition) is 1. The lowest BCUT2D eigenvalue weighted by molar-refractivity contribution is -0.136. The zero-order valence-corrected chi connectivity index (χ0v) is 21.4. The standard InChI is InChI=1S/C26H28FNO2.2C2H6/c1-26-11-10-21-20-5-2-16(3-9-25(29)30)12-17(20)4-6-22(21)24(26)8-7-23(26)18-13-19(27)15-28-14-18;2*1-2/h2,5,7,12-15,21-22,24H,3-4,6,8-11H2,1H3,(H,29,30);2*1-2H3/t21-,22?,24?,26?;;/m1../s1. The maximum atomic E-state index is 13.8. The predicted octanol–water partition coefficient (Wildman–Crippen LogP) is 7.84. The molecule has 5 rings (SSSR count). The van der Waals surface area contributed by atoms with Crippen molar-refractivity contribution in [3.63, 3.8) is 0 Å². The van der Waals surface area contributed by atoms with Gasteiger partial charge in [0, 0.05) is 12.6 Å². The van der Waals surface area contributed by atoms with Crippen LogP contribution in [0.3, 0.4) is 0 Å². The first kappa shape index (κ1) is 26.1. The minimum atomic E-state index is -0.739. The van der Waals surface area contributed by atoms with Gasteiger partial charge in [-0.3, -0.25) is 9.78 Å². The molecule has 0 radical (unpaired) electrons. The Balaban J connectivity index is 0.000000771. The summed E-state index contributed by atoms with van der Waals surface area (Å²) in [7, 11) is 0. The quantitative estimate of drug-likeness (QED) is 0.500. The summed E-state index contributed by atoms with van der Waals surface area (Å²) >= 11 is 0. The van der Waals surface area contributed by atoms with Crippen LogP contribution in [0.1, 0.15) is 94.9 Å². The molecule has 34 heavy (non-hydrogen) atoms. The lowest BCUT2D eigenvalue weighted by Crippen LogP contribution is -2.40. The first-order valence-electron chi connectivity index (χ1n) is 13.1. The van der Waals surface area contributed by atoms with Crippen molar-refractivity contribution in [1.29, 1.82) is 0 Å². The number of benzene rings is 1. The summed E-state index contributed by atoms with van der Waals surface area (Å²) in [6, 6.07) is 8.28. The first-order valence-corrected chi connectivity index (χ1v) is 13.1. The number of carboxylic acid groups (broad SMARTS) is 1. The van der Waals surface area contributed by atoms with Gasteiger partial charge in [0.05, 0.1) is 6.20 Å². The highest BCUT2D eigenvalue weighted by Crippen LogP contribution is 2.63. The predicted molar refractivity (Wildman–Crippen MR) is 137 cm³/mol. The fraction of sp³-hybridized carbons (Fsp3) is 0.533. The normalized spacial score (nSPS) is 26.4. The van der Waals surface area contributed by atoms with Gasteiger partial charge in [-0.05, 0) is 95.6 Å². The van der Waals surface area contributed by atoms with Crippen molar-refractivity contribution in [2.75, 3.05) is 0 Å². The van der Waals surface area contributed by atoms with E-state index >= 15 is 0 Å². The zero-order chi connectivity index (χ0) is 24.9. The highest BCUT2D eigenvalue weighted by atomic mass is 19.1. The summed E-state index contributed by atoms with van der Waals surface area (Å²) < 4.78 is 13.8. The van der Waals surface area contributed by atoms with Gasteiger partial charge in [-0.25, -0.2) is 4.39 Å². The Morgan fingerprint density at radius 3 is 2.62 bits per heavy atom. The molecular weight excluding hydrogens is 425 g/mol. The number of nitrogens with zero attached hydrogens (tertiary/aromatic N) is 1. The second-order valence-electron chi connectivity index (χ2n) is 9.54. The van der Waals surface area contributed by atoms with Crippen molar-refractivity contribution in [1.82, 2.24) is 4.98 Å². The first-order chi connectivity index (χ1) is 16.5. The van der Waals surface area contributed by atoms with Crippen LogP contribution in [0.2, 0.25) is 0 Å². The summed E-state index contributed by atoms with van der Waals surface area (Å²) in [5.74, 6) is 0.821. The van der Waals surface area contributed by atoms with Crippen LogP contribution in [-0.2, 0) is 17.6 Å². The van der Waals surface area contributed by atoms with Crippen LogP contribution in [0.25, 0.3) is 5.57 Å². The molecule has 0 bridgehead atoms. The van der Waals surface area contributed by atoms with Gasteiger partial charge in [0.2, 0.25) is 0 Å². The molecule has 3 nitrogen and oxygen atoms in total. The minimum absolute atomic E-state index is 0.0928. The van der Waals surface area contributed by atoms with Crippen LogP contribution in [0.5, 0.6) is 0 Å². The molecule has 1 aromatic heterocycles. The van der Waals surface area contributed by atoms with Crippen LogP contribution >= 0.6 is 0 Å². The topological polar surface area (TPSA) is 50.2 Å². The Bertz CT molecular complexity index is 1030. The molecule has 0 aliphatic heterocycles. The van der Waals surface area contributed by atoms with E-state index in [9.17, 15) is 9.18 Å². The average Bonchev–Trinajstić information content (AvgIpc) is 3.22. The molecule has 3 unspecified atom stereocenters. The molecule has 4 heteroatoms. The molecule has 3 aliphatic carbocycles. The fourth-order valence-corrected chi connectivity index (χ4v) is 6.62. The van der Waals surface area contributed by atoms with E-state index in [0.717, 1.165) is 36.8 Å². The van der Waals surface area contributed by atoms with E-state index in [0.29, 0.717) is 24.2 Å². The lowest BCUT2D eigenvalue weighted by atomic mass is 9.54. The van der Waals surface area contributed by atoms with Gasteiger partial charge in [0.25, 0.3) is 0 Å². The second-order valence-corrected chi connectivity index (χ2v) is 9.54. The Morgan fingerprint density at radius 1 is 1.15 bits per heavy atom. The van der Waals surface area contributed by atoms with E-state index in [4.69, 9.17) is 5.11 Å². The average molecular weight is 466 g/mol. The maximum Gasteiger partial charge on any atom is 0.303 e. The molecule has 0 saturated heterocycles. The van der Waals surface area contributed by atoms with E-state index in [1.54, 1.807) is 6.07 Å². The van der Waals surface area contributed by atoms with Crippen LogP contribution in [0.15, 0.2) is 42.7 Å². The van der Waals surface area contributed by atoms with E-state index in [1.165, 1.54) is 29.3 Å². The molecular formula is C30H40FNO2. The van der Waals surface area contributed by atoms with Gasteiger partial charge in [-0.1, -0.05) is 58.9 Å². The van der Waals surface area contributed by atoms with Gasteiger partial charge >= 0.3 is 5.97 Å². The van der Waals surface area contributed by atoms with Gasteiger partial charge < -0.3 is 5.11 Å². The molecule has 1 fully saturated rings. The number of aryl methyl sites for hydroxylation is 2. The number of fused-ring (bicyclic) bond motifs is 5. The van der Waals surface area contributed by atoms with Crippen molar-refractivity contribution >= 4 is 11.5 Å². The molecule has 1 aromatic carbocycles. The Labute approximate surface area is 204 Å². The summed E-state index contributed by atoms with van der Waals surface area (Å²) in [6.45, 7) is 10.4. The maximum absolute atomic E-state index is 13.8. The van der Waals surface area contributed by atoms with Crippen molar-refractivity contribution in [3.8, 4) is 0 Å². The molecule has 2 aromatic rings. The largest absolute Gasteiger partial charge is 0.481 e. The lowest BCUT2D eigenvalue weighted by Gasteiger charge is -2.50. The molecule has 184 valence electrons. The van der Waals surface area contributed by atoms with Gasteiger partial charge in [-0.2, -0.15) is 0 Å². The highest BCUT2D eigenvalue weighted by Gasteiger charge is 2.51. The summed E-state index contributed by atoms with van der Waals surface area (Å²) in [4.78, 5) is 15.0. The Hall–Kier alpha value is -2.49. The van der Waals surface area contributed by atoms with E-state index in [1.807, 2.05) is 33.9 Å². The van der Waals surface area contributed by atoms with Crippen LogP contribution in [0, 0.1) is 23.1 Å². The number of hydrogen-bond acceptors (Lipinski definition) is 2. The smallest absolute Gasteiger partial charge is 0.303 e. The molecule has 3 aliphatic rings. The van der Waals surface area contributed by atoms with E-state index in [2.05, 4.69) is 36.2 Å². The Morgan fingerprint density at radius 2 is 1.91 bits per heavy atom. The van der Waals surface area contributed by atoms with Crippen molar-refractivity contribution in [2.24, 2.45) is 17.3 Å². The van der Waals surface area contributed by atoms with Crippen molar-refractivity contribution < 1.29 is 14.3 Å². The minimum Gasteiger partial charge on any atom is -0.481 e. The number of aromatic nitrogens is 1. The number of carbonyl (C=O) groups is 1. The van der Waals surface area contributed by atoms with E-state index < -0.39 is 5.97 Å². The number of pyridine rings is 1.